The van der Waals surface area contributed by atoms with E-state index in [0.717, 1.165) is 37.8 Å². The van der Waals surface area contributed by atoms with Crippen molar-refractivity contribution in [2.45, 2.75) is 76.0 Å². The zero-order chi connectivity index (χ0) is 20.8. The summed E-state index contributed by atoms with van der Waals surface area (Å²) in [6.45, 7) is 2.77. The molecule has 0 radical (unpaired) electrons. The molecule has 1 N–H and O–H groups in total. The van der Waals surface area contributed by atoms with Gasteiger partial charge in [0, 0.05) is 19.4 Å². The summed E-state index contributed by atoms with van der Waals surface area (Å²) in [7, 11) is -4.51. The van der Waals surface area contributed by atoms with Gasteiger partial charge in [0.1, 0.15) is 15.9 Å². The average Bonchev–Trinajstić information content (AvgIpc) is 2.64. The molecule has 0 aromatic heterocycles. The fraction of sp³-hybridized carbons (Fsp3) is 0.600. The van der Waals surface area contributed by atoms with Crippen LogP contribution >= 0.6 is 0 Å². The van der Waals surface area contributed by atoms with E-state index in [9.17, 15) is 22.6 Å². The molecule has 1 aromatic carbocycles. The zero-order valence-corrected chi connectivity index (χ0v) is 20.3. The van der Waals surface area contributed by atoms with Gasteiger partial charge in [0.05, 0.1) is 4.90 Å². The fourth-order valence-corrected chi connectivity index (χ4v) is 3.10. The number of carbonyl (C=O) groups is 2. The molecule has 1 rings (SSSR count). The summed E-state index contributed by atoms with van der Waals surface area (Å²) >= 11 is 0. The minimum absolute atomic E-state index is 0. The van der Waals surface area contributed by atoms with Crippen molar-refractivity contribution >= 4 is 22.0 Å². The average molecular weight is 436 g/mol. The molecule has 7 nitrogen and oxygen atoms in total. The molecule has 0 unspecified atom stereocenters. The van der Waals surface area contributed by atoms with Crippen molar-refractivity contribution in [3.8, 4) is 5.75 Å². The maximum absolute atomic E-state index is 11.8. The van der Waals surface area contributed by atoms with E-state index in [2.05, 4.69) is 12.2 Å². The van der Waals surface area contributed by atoms with Crippen LogP contribution in [0.25, 0.3) is 0 Å². The Kier molecular flexibility index (Phi) is 15.3. The second-order valence-electron chi connectivity index (χ2n) is 6.72. The van der Waals surface area contributed by atoms with Gasteiger partial charge in [-0.2, -0.15) is 0 Å². The molecule has 0 aliphatic carbocycles. The monoisotopic (exact) mass is 435 g/mol. The Morgan fingerprint density at radius 2 is 1.52 bits per heavy atom. The molecule has 0 heterocycles. The van der Waals surface area contributed by atoms with Gasteiger partial charge < -0.3 is 14.6 Å². The second-order valence-corrected chi connectivity index (χ2v) is 8.10. The summed E-state index contributed by atoms with van der Waals surface area (Å²) in [6.07, 6.45) is 8.65. The Morgan fingerprint density at radius 1 is 0.931 bits per heavy atom. The van der Waals surface area contributed by atoms with Crippen LogP contribution in [0.15, 0.2) is 29.2 Å². The van der Waals surface area contributed by atoms with Crippen LogP contribution in [-0.2, 0) is 19.7 Å². The Balaban J connectivity index is 0.00000784. The number of nitrogens with one attached hydrogen (secondary N) is 1. The van der Waals surface area contributed by atoms with Crippen LogP contribution < -0.4 is 39.6 Å². The van der Waals surface area contributed by atoms with E-state index >= 15 is 0 Å². The molecule has 0 fully saturated rings. The predicted molar refractivity (Wildman–Crippen MR) is 105 cm³/mol. The van der Waals surface area contributed by atoms with Gasteiger partial charge in [0.15, 0.2) is 0 Å². The topological polar surface area (TPSA) is 113 Å². The van der Waals surface area contributed by atoms with Crippen molar-refractivity contribution in [2.75, 3.05) is 6.54 Å². The summed E-state index contributed by atoms with van der Waals surface area (Å²) in [5.74, 6) is -0.142. The van der Waals surface area contributed by atoms with Gasteiger partial charge in [0.25, 0.3) is 0 Å². The molecule has 1 aromatic rings. The summed E-state index contributed by atoms with van der Waals surface area (Å²) in [5, 5.41) is 2.89. The first-order valence-electron chi connectivity index (χ1n) is 9.86. The zero-order valence-electron chi connectivity index (χ0n) is 17.4. The van der Waals surface area contributed by atoms with E-state index in [1.807, 2.05) is 0 Å². The van der Waals surface area contributed by atoms with Gasteiger partial charge >= 0.3 is 35.5 Å². The number of esters is 1. The van der Waals surface area contributed by atoms with E-state index < -0.39 is 16.1 Å². The minimum Gasteiger partial charge on any atom is -0.744 e. The number of ether oxygens (including phenoxy) is 1. The molecule has 158 valence electrons. The summed E-state index contributed by atoms with van der Waals surface area (Å²) in [5.41, 5.74) is 0. The first-order valence-corrected chi connectivity index (χ1v) is 11.3. The van der Waals surface area contributed by atoms with E-state index in [1.165, 1.54) is 31.4 Å². The molecular weight excluding hydrogens is 405 g/mol. The normalized spacial score (nSPS) is 10.8. The summed E-state index contributed by atoms with van der Waals surface area (Å²) < 4.78 is 37.6. The Bertz CT molecular complexity index is 706. The van der Waals surface area contributed by atoms with Crippen LogP contribution in [0.3, 0.4) is 0 Å². The number of unbranched alkanes of at least 4 members (excludes halogenated alkanes) is 6. The number of rotatable bonds is 14. The van der Waals surface area contributed by atoms with E-state index in [0.29, 0.717) is 19.4 Å². The number of carbonyl (C=O) groups excluding carboxylic acids is 2. The van der Waals surface area contributed by atoms with Crippen molar-refractivity contribution < 1.29 is 56.9 Å². The Hall–Kier alpha value is -0.930. The van der Waals surface area contributed by atoms with Gasteiger partial charge in [-0.05, 0) is 43.5 Å². The van der Waals surface area contributed by atoms with Gasteiger partial charge in [-0.15, -0.1) is 0 Å². The molecule has 0 aliphatic heterocycles. The molecule has 1 amide bonds. The van der Waals surface area contributed by atoms with Crippen LogP contribution in [-0.4, -0.2) is 31.4 Å². The van der Waals surface area contributed by atoms with E-state index in [-0.39, 0.29) is 52.5 Å². The van der Waals surface area contributed by atoms with Gasteiger partial charge in [-0.3, -0.25) is 9.59 Å². The van der Waals surface area contributed by atoms with Crippen molar-refractivity contribution in [3.05, 3.63) is 24.3 Å². The number of hydrogen-bond donors (Lipinski definition) is 1. The standard InChI is InChI=1S/C20H31NO6S.Na/c1-2-3-4-5-7-10-19(22)21-16-9-6-8-11-20(23)27-17-12-14-18(15-13-17)28(24,25)26;/h12-15H,2-11,16H2,1H3,(H,21,22)(H,24,25,26);/q;+1/p-1. The van der Waals surface area contributed by atoms with E-state index in [4.69, 9.17) is 4.74 Å². The third kappa shape index (κ3) is 13.8. The number of amides is 1. The summed E-state index contributed by atoms with van der Waals surface area (Å²) in [6, 6.07) is 4.77. The SMILES string of the molecule is CCCCCCCC(=O)NCCCCCC(=O)Oc1ccc(S(=O)(=O)[O-])cc1.[Na+]. The third-order valence-electron chi connectivity index (χ3n) is 4.23. The largest absolute Gasteiger partial charge is 1.00 e. The molecule has 0 saturated heterocycles. The minimum atomic E-state index is -4.51. The molecule has 0 saturated carbocycles. The maximum Gasteiger partial charge on any atom is 1.00 e. The third-order valence-corrected chi connectivity index (χ3v) is 5.08. The first kappa shape index (κ1) is 28.1. The van der Waals surface area contributed by atoms with Crippen LogP contribution in [0.1, 0.15) is 71.1 Å². The smallest absolute Gasteiger partial charge is 0.744 e. The summed E-state index contributed by atoms with van der Waals surface area (Å²) in [4.78, 5) is 23.1. The second kappa shape index (κ2) is 15.8. The van der Waals surface area contributed by atoms with Crippen LogP contribution in [0.4, 0.5) is 0 Å². The van der Waals surface area contributed by atoms with Crippen molar-refractivity contribution in [3.63, 3.8) is 0 Å². The van der Waals surface area contributed by atoms with Gasteiger partial charge in [-0.25, -0.2) is 8.42 Å². The quantitative estimate of drug-likeness (QED) is 0.150. The Morgan fingerprint density at radius 3 is 2.14 bits per heavy atom. The molecule has 29 heavy (non-hydrogen) atoms. The van der Waals surface area contributed by atoms with Crippen molar-refractivity contribution in [1.29, 1.82) is 0 Å². The van der Waals surface area contributed by atoms with Gasteiger partial charge in [0.2, 0.25) is 5.91 Å². The van der Waals surface area contributed by atoms with Crippen LogP contribution in [0, 0.1) is 0 Å². The molecule has 0 spiro atoms. The first-order chi connectivity index (χ1) is 13.3. The fourth-order valence-electron chi connectivity index (χ4n) is 2.63. The molecule has 0 atom stereocenters. The molecular formula is C20H30NNaO6S. The molecule has 0 aliphatic rings. The van der Waals surface area contributed by atoms with Crippen LogP contribution in [0.5, 0.6) is 5.75 Å². The predicted octanol–water partition coefficient (Wildman–Crippen LogP) is 0.537. The van der Waals surface area contributed by atoms with Crippen LogP contribution in [0.2, 0.25) is 0 Å². The maximum atomic E-state index is 11.8. The van der Waals surface area contributed by atoms with Crippen molar-refractivity contribution in [1.82, 2.24) is 5.32 Å². The molecule has 9 heteroatoms. The Labute approximate surface area is 196 Å². The number of benzene rings is 1. The molecule has 0 bridgehead atoms. The van der Waals surface area contributed by atoms with E-state index in [1.54, 1.807) is 0 Å². The van der Waals surface area contributed by atoms with Gasteiger partial charge in [-0.1, -0.05) is 39.0 Å². The van der Waals surface area contributed by atoms with Crippen molar-refractivity contribution in [2.24, 2.45) is 0 Å². The number of hydrogen-bond acceptors (Lipinski definition) is 6.